The van der Waals surface area contributed by atoms with E-state index in [-0.39, 0.29) is 15.1 Å². The molecule has 0 aromatic heterocycles. The summed E-state index contributed by atoms with van der Waals surface area (Å²) in [6.45, 7) is 2.48. The summed E-state index contributed by atoms with van der Waals surface area (Å²) in [6, 6.07) is 2.50. The lowest BCUT2D eigenvalue weighted by atomic mass is 10.3. The first kappa shape index (κ1) is 14.7. The summed E-state index contributed by atoms with van der Waals surface area (Å²) in [6.07, 6.45) is 1.02. The van der Waals surface area contributed by atoms with Gasteiger partial charge in [-0.15, -0.1) is 0 Å². The van der Waals surface area contributed by atoms with Gasteiger partial charge in [-0.2, -0.15) is 0 Å². The average Bonchev–Trinajstić information content (AvgIpc) is 2.99. The standard InChI is InChI=1S/C12H16BrFN2O2S/c1-7-3-8(7)6-16(2)19(17,18)11-5-9(15)4-10(13)12(11)14/h4-5,7-8H,3,6,15H2,1-2H3. The number of anilines is 1. The van der Waals surface area contributed by atoms with Crippen molar-refractivity contribution >= 4 is 31.6 Å². The van der Waals surface area contributed by atoms with E-state index in [0.717, 1.165) is 12.5 Å². The average molecular weight is 351 g/mol. The van der Waals surface area contributed by atoms with Crippen LogP contribution in [-0.2, 0) is 10.0 Å². The van der Waals surface area contributed by atoms with E-state index in [2.05, 4.69) is 22.9 Å². The molecule has 0 bridgehead atoms. The van der Waals surface area contributed by atoms with Gasteiger partial charge in [-0.25, -0.2) is 17.1 Å². The molecular formula is C12H16BrFN2O2S. The summed E-state index contributed by atoms with van der Waals surface area (Å²) < 4.78 is 39.9. The molecule has 2 rings (SSSR count). The van der Waals surface area contributed by atoms with Crippen molar-refractivity contribution in [1.29, 1.82) is 0 Å². The minimum atomic E-state index is -3.84. The zero-order valence-corrected chi connectivity index (χ0v) is 13.1. The van der Waals surface area contributed by atoms with Crippen LogP contribution in [0.4, 0.5) is 10.1 Å². The van der Waals surface area contributed by atoms with E-state index in [1.807, 2.05) is 0 Å². The highest BCUT2D eigenvalue weighted by Gasteiger charge is 2.37. The first-order valence-corrected chi connectivity index (χ1v) is 8.17. The van der Waals surface area contributed by atoms with Gasteiger partial charge in [-0.3, -0.25) is 0 Å². The van der Waals surface area contributed by atoms with Crippen LogP contribution in [0, 0.1) is 17.7 Å². The quantitative estimate of drug-likeness (QED) is 0.848. The van der Waals surface area contributed by atoms with Crippen LogP contribution in [0.15, 0.2) is 21.5 Å². The van der Waals surface area contributed by atoms with Gasteiger partial charge in [0.15, 0.2) is 5.82 Å². The number of nitrogens with zero attached hydrogens (tertiary/aromatic N) is 1. The topological polar surface area (TPSA) is 63.4 Å². The smallest absolute Gasteiger partial charge is 0.245 e. The van der Waals surface area contributed by atoms with Gasteiger partial charge >= 0.3 is 0 Å². The SMILES string of the molecule is CC1CC1CN(C)S(=O)(=O)c1cc(N)cc(Br)c1F. The van der Waals surface area contributed by atoms with E-state index >= 15 is 0 Å². The Morgan fingerprint density at radius 1 is 1.53 bits per heavy atom. The van der Waals surface area contributed by atoms with Gasteiger partial charge in [0.1, 0.15) is 4.90 Å². The van der Waals surface area contributed by atoms with Crippen LogP contribution in [0.5, 0.6) is 0 Å². The van der Waals surface area contributed by atoms with Gasteiger partial charge in [-0.05, 0) is 46.3 Å². The lowest BCUT2D eigenvalue weighted by Crippen LogP contribution is -2.30. The minimum Gasteiger partial charge on any atom is -0.399 e. The largest absolute Gasteiger partial charge is 0.399 e. The Balaban J connectivity index is 2.33. The molecule has 1 aliphatic carbocycles. The molecule has 7 heteroatoms. The summed E-state index contributed by atoms with van der Waals surface area (Å²) in [4.78, 5) is -0.379. The Morgan fingerprint density at radius 2 is 2.11 bits per heavy atom. The predicted octanol–water partition coefficient (Wildman–Crippen LogP) is 2.45. The molecule has 0 amide bonds. The molecule has 2 atom stereocenters. The fourth-order valence-corrected chi connectivity index (χ4v) is 3.98. The molecule has 1 saturated carbocycles. The second-order valence-electron chi connectivity index (χ2n) is 5.07. The van der Waals surface area contributed by atoms with Crippen molar-refractivity contribution in [2.24, 2.45) is 11.8 Å². The molecule has 1 aromatic carbocycles. The molecule has 106 valence electrons. The summed E-state index contributed by atoms with van der Waals surface area (Å²) in [5.41, 5.74) is 5.79. The molecule has 0 spiro atoms. The second-order valence-corrected chi connectivity index (χ2v) is 7.94. The Morgan fingerprint density at radius 3 is 2.63 bits per heavy atom. The molecule has 1 aromatic rings. The molecule has 0 aliphatic heterocycles. The van der Waals surface area contributed by atoms with Crippen molar-refractivity contribution in [3.8, 4) is 0 Å². The number of rotatable bonds is 4. The maximum absolute atomic E-state index is 14.0. The molecule has 2 N–H and O–H groups in total. The van der Waals surface area contributed by atoms with Crippen molar-refractivity contribution in [3.63, 3.8) is 0 Å². The van der Waals surface area contributed by atoms with Crippen molar-refractivity contribution in [2.75, 3.05) is 19.3 Å². The molecule has 2 unspecified atom stereocenters. The van der Waals surface area contributed by atoms with Crippen LogP contribution in [-0.4, -0.2) is 26.3 Å². The van der Waals surface area contributed by atoms with E-state index in [1.54, 1.807) is 0 Å². The number of nitrogens with two attached hydrogens (primary N) is 1. The minimum absolute atomic E-state index is 0.0549. The Labute approximate surface area is 121 Å². The van der Waals surface area contributed by atoms with Crippen molar-refractivity contribution in [2.45, 2.75) is 18.2 Å². The molecule has 0 saturated heterocycles. The third-order valence-electron chi connectivity index (χ3n) is 3.47. The normalized spacial score (nSPS) is 22.8. The summed E-state index contributed by atoms with van der Waals surface area (Å²) >= 11 is 2.97. The third kappa shape index (κ3) is 2.93. The number of benzene rings is 1. The van der Waals surface area contributed by atoms with E-state index in [0.29, 0.717) is 18.4 Å². The number of sulfonamides is 1. The van der Waals surface area contributed by atoms with E-state index in [1.165, 1.54) is 17.4 Å². The molecule has 1 aliphatic rings. The first-order valence-electron chi connectivity index (χ1n) is 5.94. The fourth-order valence-electron chi connectivity index (χ4n) is 2.02. The number of hydrogen-bond acceptors (Lipinski definition) is 3. The van der Waals surface area contributed by atoms with E-state index in [4.69, 9.17) is 5.73 Å². The van der Waals surface area contributed by atoms with Crippen LogP contribution >= 0.6 is 15.9 Å². The summed E-state index contributed by atoms with van der Waals surface area (Å²) in [5.74, 6) is 0.104. The second kappa shape index (κ2) is 5.03. The molecule has 0 heterocycles. The maximum Gasteiger partial charge on any atom is 0.245 e. The summed E-state index contributed by atoms with van der Waals surface area (Å²) in [7, 11) is -2.38. The molecule has 19 heavy (non-hydrogen) atoms. The van der Waals surface area contributed by atoms with E-state index < -0.39 is 15.8 Å². The highest BCUT2D eigenvalue weighted by Crippen LogP contribution is 2.39. The third-order valence-corrected chi connectivity index (χ3v) is 5.87. The van der Waals surface area contributed by atoms with Gasteiger partial charge in [0.25, 0.3) is 0 Å². The maximum atomic E-state index is 14.0. The Hall–Kier alpha value is -0.660. The van der Waals surface area contributed by atoms with Gasteiger partial charge in [-0.1, -0.05) is 6.92 Å². The van der Waals surface area contributed by atoms with Crippen molar-refractivity contribution in [1.82, 2.24) is 4.31 Å². The van der Waals surface area contributed by atoms with Gasteiger partial charge in [0.05, 0.1) is 4.47 Å². The zero-order valence-electron chi connectivity index (χ0n) is 10.7. The van der Waals surface area contributed by atoms with Gasteiger partial charge < -0.3 is 5.73 Å². The molecule has 4 nitrogen and oxygen atoms in total. The van der Waals surface area contributed by atoms with Crippen LogP contribution in [0.25, 0.3) is 0 Å². The molecular weight excluding hydrogens is 335 g/mol. The molecule has 0 radical (unpaired) electrons. The zero-order chi connectivity index (χ0) is 14.4. The Bertz CT molecular complexity index is 606. The van der Waals surface area contributed by atoms with Crippen molar-refractivity contribution < 1.29 is 12.8 Å². The van der Waals surface area contributed by atoms with Gasteiger partial charge in [0.2, 0.25) is 10.0 Å². The first-order chi connectivity index (χ1) is 8.73. The summed E-state index contributed by atoms with van der Waals surface area (Å²) in [5, 5.41) is 0. The number of nitrogen functional groups attached to an aromatic ring is 1. The Kier molecular flexibility index (Phi) is 3.90. The lowest BCUT2D eigenvalue weighted by Gasteiger charge is -2.18. The fraction of sp³-hybridized carbons (Fsp3) is 0.500. The van der Waals surface area contributed by atoms with Crippen LogP contribution in [0.2, 0.25) is 0 Å². The van der Waals surface area contributed by atoms with Crippen LogP contribution < -0.4 is 5.73 Å². The predicted molar refractivity (Wildman–Crippen MR) is 75.6 cm³/mol. The van der Waals surface area contributed by atoms with E-state index in [9.17, 15) is 12.8 Å². The van der Waals surface area contributed by atoms with Crippen LogP contribution in [0.3, 0.4) is 0 Å². The lowest BCUT2D eigenvalue weighted by molar-refractivity contribution is 0.439. The number of hydrogen-bond donors (Lipinski definition) is 1. The van der Waals surface area contributed by atoms with Crippen molar-refractivity contribution in [3.05, 3.63) is 22.4 Å². The van der Waals surface area contributed by atoms with Crippen LogP contribution in [0.1, 0.15) is 13.3 Å². The van der Waals surface area contributed by atoms with Gasteiger partial charge in [0, 0.05) is 19.3 Å². The highest BCUT2D eigenvalue weighted by atomic mass is 79.9. The molecule has 1 fully saturated rings. The highest BCUT2D eigenvalue weighted by molar-refractivity contribution is 9.10. The number of halogens is 2. The monoisotopic (exact) mass is 350 g/mol.